The Morgan fingerprint density at radius 1 is 1.04 bits per heavy atom. The Hall–Kier alpha value is -2.42. The highest BCUT2D eigenvalue weighted by Crippen LogP contribution is 2.43. The second-order valence-electron chi connectivity index (χ2n) is 7.70. The van der Waals surface area contributed by atoms with Gasteiger partial charge in [-0.15, -0.1) is 15.3 Å². The summed E-state index contributed by atoms with van der Waals surface area (Å²) in [4.78, 5) is 2.44. The van der Waals surface area contributed by atoms with Gasteiger partial charge in [-0.2, -0.15) is 11.8 Å². The molecule has 3 aromatic rings. The van der Waals surface area contributed by atoms with Gasteiger partial charge in [0.2, 0.25) is 5.95 Å². The lowest BCUT2D eigenvalue weighted by molar-refractivity contribution is 0.389. The number of hydrogen-bond acceptors (Lipinski definition) is 7. The van der Waals surface area contributed by atoms with Crippen LogP contribution in [0, 0.1) is 0 Å². The molecule has 0 N–H and O–H groups in total. The molecule has 0 atom stereocenters. The maximum absolute atomic E-state index is 4.56. The van der Waals surface area contributed by atoms with Gasteiger partial charge in [-0.05, 0) is 47.5 Å². The van der Waals surface area contributed by atoms with Gasteiger partial charge >= 0.3 is 0 Å². The molecule has 1 aliphatic heterocycles. The van der Waals surface area contributed by atoms with Crippen molar-refractivity contribution in [1.29, 1.82) is 0 Å². The number of benzene rings is 1. The maximum Gasteiger partial charge on any atom is 0.227 e. The van der Waals surface area contributed by atoms with Gasteiger partial charge < -0.3 is 4.90 Å². The molecule has 2 aliphatic rings. The molecular weight excluding hydrogens is 372 g/mol. The summed E-state index contributed by atoms with van der Waals surface area (Å²) >= 11 is 2.18. The van der Waals surface area contributed by atoms with Crippen LogP contribution in [-0.4, -0.2) is 58.6 Å². The van der Waals surface area contributed by atoms with Gasteiger partial charge in [-0.3, -0.25) is 4.57 Å². The van der Waals surface area contributed by atoms with Crippen molar-refractivity contribution >= 4 is 17.7 Å². The van der Waals surface area contributed by atoms with Crippen molar-refractivity contribution in [2.75, 3.05) is 23.7 Å². The Morgan fingerprint density at radius 3 is 2.61 bits per heavy atom. The van der Waals surface area contributed by atoms with Crippen LogP contribution in [0.5, 0.6) is 0 Å². The fourth-order valence-electron chi connectivity index (χ4n) is 4.40. The highest BCUT2D eigenvalue weighted by Gasteiger charge is 2.38. The molecule has 1 spiro atoms. The van der Waals surface area contributed by atoms with Crippen molar-refractivity contribution in [2.45, 2.75) is 36.9 Å². The lowest BCUT2D eigenvalue weighted by Gasteiger charge is -2.44. The van der Waals surface area contributed by atoms with E-state index in [-0.39, 0.29) is 0 Å². The molecule has 9 heteroatoms. The summed E-state index contributed by atoms with van der Waals surface area (Å²) in [6, 6.07) is 8.07. The van der Waals surface area contributed by atoms with E-state index in [1.165, 1.54) is 37.9 Å². The highest BCUT2D eigenvalue weighted by molar-refractivity contribution is 8.00. The average Bonchev–Trinajstić information content (AvgIpc) is 3.39. The molecule has 1 saturated carbocycles. The van der Waals surface area contributed by atoms with Crippen LogP contribution in [0.15, 0.2) is 30.6 Å². The molecule has 0 radical (unpaired) electrons. The van der Waals surface area contributed by atoms with Gasteiger partial charge in [-0.1, -0.05) is 19.3 Å². The summed E-state index contributed by atoms with van der Waals surface area (Å²) in [5, 5.41) is 20.4. The molecule has 5 rings (SSSR count). The van der Waals surface area contributed by atoms with Gasteiger partial charge in [0.15, 0.2) is 5.82 Å². The highest BCUT2D eigenvalue weighted by atomic mass is 32.2. The summed E-state index contributed by atoms with van der Waals surface area (Å²) < 4.78 is 4.18. The zero-order valence-corrected chi connectivity index (χ0v) is 16.8. The standard InChI is InChI=1S/C19H24N8S/c1-25-17(15-5-7-16(8-6-15)27-14-20-23-24-27)21-22-18(25)26-11-12-28-19(13-26)9-3-2-4-10-19/h5-8,14H,2-4,9-13H2,1H3. The third-order valence-corrected chi connectivity index (χ3v) is 7.42. The van der Waals surface area contributed by atoms with Crippen LogP contribution in [0.2, 0.25) is 0 Å². The molecule has 0 unspecified atom stereocenters. The minimum absolute atomic E-state index is 0.413. The molecule has 8 nitrogen and oxygen atoms in total. The number of tetrazole rings is 1. The number of anilines is 1. The molecule has 28 heavy (non-hydrogen) atoms. The normalized spacial score (nSPS) is 19.2. The number of hydrogen-bond donors (Lipinski definition) is 0. The van der Waals surface area contributed by atoms with E-state index in [0.29, 0.717) is 4.75 Å². The van der Waals surface area contributed by atoms with E-state index < -0.39 is 0 Å². The summed E-state index contributed by atoms with van der Waals surface area (Å²) in [5.74, 6) is 3.03. The number of aromatic nitrogens is 7. The quantitative estimate of drug-likeness (QED) is 0.673. The zero-order valence-electron chi connectivity index (χ0n) is 16.0. The van der Waals surface area contributed by atoms with E-state index in [1.807, 2.05) is 24.3 Å². The maximum atomic E-state index is 4.56. The van der Waals surface area contributed by atoms with E-state index >= 15 is 0 Å². The first kappa shape index (κ1) is 17.7. The van der Waals surface area contributed by atoms with Crippen molar-refractivity contribution in [1.82, 2.24) is 35.0 Å². The SMILES string of the molecule is Cn1c(-c2ccc(-n3cnnn3)cc2)nnc1N1CCSC2(CCCCC2)C1. The summed E-state index contributed by atoms with van der Waals surface area (Å²) in [6.45, 7) is 2.12. The van der Waals surface area contributed by atoms with Crippen LogP contribution in [0.4, 0.5) is 5.95 Å². The summed E-state index contributed by atoms with van der Waals surface area (Å²) in [6.07, 6.45) is 8.36. The predicted octanol–water partition coefficient (Wildman–Crippen LogP) is 2.71. The third kappa shape index (κ3) is 3.17. The molecule has 3 heterocycles. The second-order valence-corrected chi connectivity index (χ2v) is 9.26. The van der Waals surface area contributed by atoms with E-state index in [9.17, 15) is 0 Å². The first-order chi connectivity index (χ1) is 13.7. The zero-order chi connectivity index (χ0) is 19.0. The fraction of sp³-hybridized carbons (Fsp3) is 0.526. The van der Waals surface area contributed by atoms with E-state index in [4.69, 9.17) is 0 Å². The van der Waals surface area contributed by atoms with Gasteiger partial charge in [0.1, 0.15) is 6.33 Å². The third-order valence-electron chi connectivity index (χ3n) is 5.89. The molecule has 2 aromatic heterocycles. The topological polar surface area (TPSA) is 77.5 Å². The van der Waals surface area contributed by atoms with E-state index in [0.717, 1.165) is 36.1 Å². The Labute approximate surface area is 168 Å². The molecule has 0 amide bonds. The van der Waals surface area contributed by atoms with Gasteiger partial charge in [-0.25, -0.2) is 4.68 Å². The Bertz CT molecular complexity index is 922. The summed E-state index contributed by atoms with van der Waals surface area (Å²) in [5.41, 5.74) is 1.96. The van der Waals surface area contributed by atoms with E-state index in [2.05, 4.69) is 54.0 Å². The lowest BCUT2D eigenvalue weighted by Crippen LogP contribution is -2.48. The number of thioether (sulfide) groups is 1. The number of nitrogens with zero attached hydrogens (tertiary/aromatic N) is 8. The van der Waals surface area contributed by atoms with Crippen LogP contribution in [0.3, 0.4) is 0 Å². The van der Waals surface area contributed by atoms with Crippen molar-refractivity contribution in [2.24, 2.45) is 7.05 Å². The second kappa shape index (κ2) is 7.20. The lowest BCUT2D eigenvalue weighted by atomic mass is 9.87. The monoisotopic (exact) mass is 396 g/mol. The fourth-order valence-corrected chi connectivity index (χ4v) is 5.97. The van der Waals surface area contributed by atoms with E-state index in [1.54, 1.807) is 11.0 Å². The Morgan fingerprint density at radius 2 is 1.86 bits per heavy atom. The minimum Gasteiger partial charge on any atom is -0.339 e. The van der Waals surface area contributed by atoms with Crippen LogP contribution in [0.25, 0.3) is 17.1 Å². The Kier molecular flexibility index (Phi) is 4.54. The molecular formula is C19H24N8S. The minimum atomic E-state index is 0.413. The van der Waals surface area contributed by atoms with Crippen LogP contribution < -0.4 is 4.90 Å². The van der Waals surface area contributed by atoms with Crippen LogP contribution in [-0.2, 0) is 7.05 Å². The van der Waals surface area contributed by atoms with Crippen molar-refractivity contribution in [3.8, 4) is 17.1 Å². The summed E-state index contributed by atoms with van der Waals surface area (Å²) in [7, 11) is 2.06. The van der Waals surface area contributed by atoms with Gasteiger partial charge in [0.25, 0.3) is 0 Å². The number of rotatable bonds is 3. The average molecular weight is 397 g/mol. The first-order valence-corrected chi connectivity index (χ1v) is 10.8. The van der Waals surface area contributed by atoms with Gasteiger partial charge in [0, 0.05) is 36.2 Å². The van der Waals surface area contributed by atoms with Crippen LogP contribution >= 0.6 is 11.8 Å². The smallest absolute Gasteiger partial charge is 0.227 e. The predicted molar refractivity (Wildman–Crippen MR) is 110 cm³/mol. The molecule has 1 saturated heterocycles. The van der Waals surface area contributed by atoms with Crippen molar-refractivity contribution in [3.63, 3.8) is 0 Å². The van der Waals surface area contributed by atoms with Crippen molar-refractivity contribution in [3.05, 3.63) is 30.6 Å². The molecule has 1 aromatic carbocycles. The van der Waals surface area contributed by atoms with Gasteiger partial charge in [0.05, 0.1) is 5.69 Å². The van der Waals surface area contributed by atoms with Crippen LogP contribution in [0.1, 0.15) is 32.1 Å². The molecule has 0 bridgehead atoms. The molecule has 1 aliphatic carbocycles. The molecule has 2 fully saturated rings. The molecule has 146 valence electrons. The largest absolute Gasteiger partial charge is 0.339 e. The van der Waals surface area contributed by atoms with Crippen molar-refractivity contribution < 1.29 is 0 Å². The first-order valence-electron chi connectivity index (χ1n) is 9.86. The Balaban J connectivity index is 1.38.